The minimum Gasteiger partial charge on any atom is -0.353 e. The highest BCUT2D eigenvalue weighted by Gasteiger charge is 2.22. The van der Waals surface area contributed by atoms with Crippen LogP contribution in [0.4, 0.5) is 4.39 Å². The first kappa shape index (κ1) is 17.5. The maximum atomic E-state index is 13.7. The molecule has 0 spiro atoms. The first-order valence-electron chi connectivity index (χ1n) is 8.66. The number of benzene rings is 1. The van der Waals surface area contributed by atoms with Gasteiger partial charge in [0.25, 0.3) is 0 Å². The van der Waals surface area contributed by atoms with Gasteiger partial charge in [0, 0.05) is 31.1 Å². The topological polar surface area (TPSA) is 71.3 Å². The molecule has 1 fully saturated rings. The largest absolute Gasteiger partial charge is 0.353 e. The Morgan fingerprint density at radius 1 is 1.40 bits per heavy atom. The Morgan fingerprint density at radius 3 is 2.84 bits per heavy atom. The summed E-state index contributed by atoms with van der Waals surface area (Å²) in [4.78, 5) is 18.0. The van der Waals surface area contributed by atoms with E-state index in [1.807, 2.05) is 6.92 Å². The minimum absolute atomic E-state index is 0.102. The second-order valence-corrected chi connectivity index (χ2v) is 6.45. The van der Waals surface area contributed by atoms with Gasteiger partial charge in [0.2, 0.25) is 17.6 Å². The maximum Gasteiger partial charge on any atom is 0.241 e. The molecule has 0 saturated carbocycles. The molecule has 134 valence electrons. The van der Waals surface area contributed by atoms with E-state index in [1.165, 1.54) is 6.07 Å². The van der Waals surface area contributed by atoms with Gasteiger partial charge in [-0.25, -0.2) is 4.39 Å². The first-order chi connectivity index (χ1) is 12.0. The van der Waals surface area contributed by atoms with Crippen LogP contribution in [0.25, 0.3) is 11.4 Å². The fourth-order valence-electron chi connectivity index (χ4n) is 2.92. The zero-order chi connectivity index (χ0) is 17.8. The molecule has 0 atom stereocenters. The van der Waals surface area contributed by atoms with Crippen molar-refractivity contribution in [3.05, 3.63) is 35.5 Å². The number of aromatic nitrogens is 2. The van der Waals surface area contributed by atoms with Crippen LogP contribution in [0.5, 0.6) is 0 Å². The summed E-state index contributed by atoms with van der Waals surface area (Å²) in [5.74, 6) is 0.747. The van der Waals surface area contributed by atoms with Crippen molar-refractivity contribution in [2.24, 2.45) is 0 Å². The van der Waals surface area contributed by atoms with E-state index >= 15 is 0 Å². The summed E-state index contributed by atoms with van der Waals surface area (Å²) < 4.78 is 19.0. The SMILES string of the molecule is CCC(=O)NC1CCN(Cc2nc(-c3ccc(C)c(F)c3)no2)CC1. The summed E-state index contributed by atoms with van der Waals surface area (Å²) in [6, 6.07) is 5.16. The van der Waals surface area contributed by atoms with E-state index in [-0.39, 0.29) is 17.8 Å². The van der Waals surface area contributed by atoms with Gasteiger partial charge in [0.15, 0.2) is 0 Å². The average molecular weight is 346 g/mol. The predicted molar refractivity (Wildman–Crippen MR) is 91.2 cm³/mol. The number of halogens is 1. The molecule has 3 rings (SSSR count). The molecule has 1 aromatic heterocycles. The second kappa shape index (κ2) is 7.74. The van der Waals surface area contributed by atoms with Crippen molar-refractivity contribution in [3.63, 3.8) is 0 Å². The fraction of sp³-hybridized carbons (Fsp3) is 0.500. The molecule has 6 nitrogen and oxygen atoms in total. The molecule has 25 heavy (non-hydrogen) atoms. The molecule has 1 aromatic carbocycles. The van der Waals surface area contributed by atoms with Gasteiger partial charge in [0.05, 0.1) is 6.54 Å². The number of hydrogen-bond acceptors (Lipinski definition) is 5. The van der Waals surface area contributed by atoms with E-state index in [1.54, 1.807) is 19.1 Å². The van der Waals surface area contributed by atoms with Crippen molar-refractivity contribution in [2.45, 2.75) is 45.7 Å². The van der Waals surface area contributed by atoms with Crippen LogP contribution in [0.1, 0.15) is 37.6 Å². The van der Waals surface area contributed by atoms with Crippen LogP contribution >= 0.6 is 0 Å². The van der Waals surface area contributed by atoms with E-state index in [0.29, 0.717) is 35.8 Å². The molecule has 0 radical (unpaired) electrons. The van der Waals surface area contributed by atoms with Crippen LogP contribution in [0.3, 0.4) is 0 Å². The normalized spacial score (nSPS) is 16.1. The van der Waals surface area contributed by atoms with Crippen molar-refractivity contribution in [1.29, 1.82) is 0 Å². The molecule has 1 amide bonds. The number of amides is 1. The van der Waals surface area contributed by atoms with Crippen LogP contribution in [0.2, 0.25) is 0 Å². The Morgan fingerprint density at radius 2 is 2.16 bits per heavy atom. The minimum atomic E-state index is -0.278. The molecular weight excluding hydrogens is 323 g/mol. The van der Waals surface area contributed by atoms with Crippen LogP contribution in [-0.4, -0.2) is 40.1 Å². The molecule has 1 saturated heterocycles. The Balaban J connectivity index is 1.55. The van der Waals surface area contributed by atoms with Crippen LogP contribution in [-0.2, 0) is 11.3 Å². The monoisotopic (exact) mass is 346 g/mol. The summed E-state index contributed by atoms with van der Waals surface area (Å²) in [5, 5.41) is 6.99. The highest BCUT2D eigenvalue weighted by molar-refractivity contribution is 5.75. The standard InChI is InChI=1S/C18H23FN4O2/c1-3-16(24)20-14-6-8-23(9-7-14)11-17-21-18(22-25-17)13-5-4-12(2)15(19)10-13/h4-5,10,14H,3,6-9,11H2,1-2H3,(H,20,24). The molecule has 7 heteroatoms. The van der Waals surface area contributed by atoms with Crippen LogP contribution in [0, 0.1) is 12.7 Å². The number of aryl methyl sites for hydroxylation is 1. The van der Waals surface area contributed by atoms with Crippen molar-refractivity contribution >= 4 is 5.91 Å². The third kappa shape index (κ3) is 4.42. The van der Waals surface area contributed by atoms with E-state index in [4.69, 9.17) is 4.52 Å². The van der Waals surface area contributed by atoms with E-state index in [0.717, 1.165) is 25.9 Å². The number of nitrogens with one attached hydrogen (secondary N) is 1. The number of piperidine rings is 1. The number of carbonyl (C=O) groups is 1. The smallest absolute Gasteiger partial charge is 0.241 e. The average Bonchev–Trinajstić information content (AvgIpc) is 3.07. The molecule has 0 unspecified atom stereocenters. The van der Waals surface area contributed by atoms with Crippen LogP contribution < -0.4 is 5.32 Å². The highest BCUT2D eigenvalue weighted by Crippen LogP contribution is 2.20. The lowest BCUT2D eigenvalue weighted by atomic mass is 10.0. The molecule has 0 aliphatic carbocycles. The van der Waals surface area contributed by atoms with Gasteiger partial charge in [-0.05, 0) is 31.4 Å². The quantitative estimate of drug-likeness (QED) is 0.901. The predicted octanol–water partition coefficient (Wildman–Crippen LogP) is 2.67. The lowest BCUT2D eigenvalue weighted by molar-refractivity contribution is -0.121. The highest BCUT2D eigenvalue weighted by atomic mass is 19.1. The van der Waals surface area contributed by atoms with Crippen molar-refractivity contribution in [1.82, 2.24) is 20.4 Å². The van der Waals surface area contributed by atoms with Gasteiger partial charge in [-0.3, -0.25) is 9.69 Å². The summed E-state index contributed by atoms with van der Waals surface area (Å²) in [6.07, 6.45) is 2.34. The van der Waals surface area contributed by atoms with Gasteiger partial charge < -0.3 is 9.84 Å². The number of nitrogens with zero attached hydrogens (tertiary/aromatic N) is 3. The molecule has 2 heterocycles. The van der Waals surface area contributed by atoms with E-state index in [9.17, 15) is 9.18 Å². The Hall–Kier alpha value is -2.28. The third-order valence-corrected chi connectivity index (χ3v) is 4.53. The van der Waals surface area contributed by atoms with Gasteiger partial charge in [-0.15, -0.1) is 0 Å². The molecule has 1 aliphatic heterocycles. The summed E-state index contributed by atoms with van der Waals surface area (Å²) in [6.45, 7) is 5.87. The van der Waals surface area contributed by atoms with Crippen molar-refractivity contribution in [3.8, 4) is 11.4 Å². The molecule has 1 aliphatic rings. The van der Waals surface area contributed by atoms with Gasteiger partial charge >= 0.3 is 0 Å². The number of likely N-dealkylation sites (tertiary alicyclic amines) is 1. The van der Waals surface area contributed by atoms with E-state index < -0.39 is 0 Å². The zero-order valence-electron chi connectivity index (χ0n) is 14.6. The lowest BCUT2D eigenvalue weighted by Crippen LogP contribution is -2.44. The first-order valence-corrected chi connectivity index (χ1v) is 8.66. The zero-order valence-corrected chi connectivity index (χ0v) is 14.6. The Labute approximate surface area is 146 Å². The third-order valence-electron chi connectivity index (χ3n) is 4.53. The number of carbonyl (C=O) groups excluding carboxylic acids is 1. The lowest BCUT2D eigenvalue weighted by Gasteiger charge is -2.31. The fourth-order valence-corrected chi connectivity index (χ4v) is 2.92. The molecule has 0 bridgehead atoms. The van der Waals surface area contributed by atoms with E-state index in [2.05, 4.69) is 20.4 Å². The van der Waals surface area contributed by atoms with Gasteiger partial charge in [-0.1, -0.05) is 24.2 Å². The maximum absolute atomic E-state index is 13.7. The number of rotatable bonds is 5. The Bertz CT molecular complexity index is 738. The molecule has 1 N–H and O–H groups in total. The summed E-state index contributed by atoms with van der Waals surface area (Å²) in [5.41, 5.74) is 1.20. The molecular formula is C18H23FN4O2. The van der Waals surface area contributed by atoms with Crippen molar-refractivity contribution in [2.75, 3.05) is 13.1 Å². The summed E-state index contributed by atoms with van der Waals surface area (Å²) >= 11 is 0. The van der Waals surface area contributed by atoms with Gasteiger partial charge in [0.1, 0.15) is 5.82 Å². The second-order valence-electron chi connectivity index (χ2n) is 6.45. The summed E-state index contributed by atoms with van der Waals surface area (Å²) in [7, 11) is 0. The Kier molecular flexibility index (Phi) is 5.43. The van der Waals surface area contributed by atoms with Gasteiger partial charge in [-0.2, -0.15) is 4.98 Å². The van der Waals surface area contributed by atoms with Crippen molar-refractivity contribution < 1.29 is 13.7 Å². The number of hydrogen-bond donors (Lipinski definition) is 1. The van der Waals surface area contributed by atoms with Crippen LogP contribution in [0.15, 0.2) is 22.7 Å². The molecule has 2 aromatic rings.